The lowest BCUT2D eigenvalue weighted by Gasteiger charge is -2.21. The fourth-order valence-corrected chi connectivity index (χ4v) is 2.72. The van der Waals surface area contributed by atoms with Gasteiger partial charge in [0.15, 0.2) is 5.65 Å². The number of nitrogens with one attached hydrogen (secondary N) is 1. The Hall–Kier alpha value is -2.44. The molecule has 0 spiro atoms. The second-order valence-corrected chi connectivity index (χ2v) is 5.74. The number of carbonyl (C=O) groups is 2. The van der Waals surface area contributed by atoms with Gasteiger partial charge in [-0.15, -0.1) is 0 Å². The van der Waals surface area contributed by atoms with E-state index in [0.29, 0.717) is 24.0 Å². The quantitative estimate of drug-likeness (QED) is 0.902. The Balaban J connectivity index is 1.65. The molecule has 1 fully saturated rings. The summed E-state index contributed by atoms with van der Waals surface area (Å²) in [7, 11) is 1.86. The van der Waals surface area contributed by atoms with Crippen LogP contribution in [-0.4, -0.2) is 50.4 Å². The van der Waals surface area contributed by atoms with Crippen LogP contribution in [0, 0.1) is 0 Å². The van der Waals surface area contributed by atoms with Crippen molar-refractivity contribution in [1.29, 1.82) is 0 Å². The molecule has 1 aliphatic rings. The summed E-state index contributed by atoms with van der Waals surface area (Å²) in [5.41, 5.74) is 1.91. The Morgan fingerprint density at radius 2 is 2.27 bits per heavy atom. The van der Waals surface area contributed by atoms with E-state index in [1.54, 1.807) is 28.1 Å². The van der Waals surface area contributed by atoms with Gasteiger partial charge in [0.25, 0.3) is 5.91 Å². The maximum absolute atomic E-state index is 12.3. The van der Waals surface area contributed by atoms with E-state index in [1.165, 1.54) is 0 Å². The van der Waals surface area contributed by atoms with Gasteiger partial charge in [0.05, 0.1) is 11.9 Å². The van der Waals surface area contributed by atoms with Gasteiger partial charge >= 0.3 is 0 Å². The van der Waals surface area contributed by atoms with Crippen molar-refractivity contribution in [3.8, 4) is 0 Å². The first-order chi connectivity index (χ1) is 10.5. The van der Waals surface area contributed by atoms with E-state index >= 15 is 0 Å². The summed E-state index contributed by atoms with van der Waals surface area (Å²) < 4.78 is 1.80. The normalized spacial score (nSPS) is 16.3. The molecule has 0 aliphatic carbocycles. The van der Waals surface area contributed by atoms with Crippen LogP contribution in [0.5, 0.6) is 0 Å². The number of imidazole rings is 1. The number of amides is 2. The number of hydrogen-bond acceptors (Lipinski definition) is 4. The van der Waals surface area contributed by atoms with E-state index < -0.39 is 0 Å². The van der Waals surface area contributed by atoms with E-state index in [1.807, 2.05) is 14.0 Å². The molecule has 116 valence electrons. The standard InChI is InChI=1S/C15H19N5O2/c1-10(8-20-5-3-4-13(20)21)18-15(22)11-6-12-14(16-7-11)19(2)9-17-12/h6-7,9-10H,3-5,8H2,1-2H3,(H,18,22)/t10-/m0/s1. The Kier molecular flexibility index (Phi) is 3.79. The zero-order valence-corrected chi connectivity index (χ0v) is 12.7. The van der Waals surface area contributed by atoms with Crippen LogP contribution in [0.4, 0.5) is 0 Å². The van der Waals surface area contributed by atoms with Gasteiger partial charge in [-0.2, -0.15) is 0 Å². The molecule has 0 bridgehead atoms. The maximum atomic E-state index is 12.3. The SMILES string of the molecule is C[C@@H](CN1CCCC1=O)NC(=O)c1cnc2c(c1)ncn2C. The summed E-state index contributed by atoms with van der Waals surface area (Å²) in [6, 6.07) is 1.62. The molecule has 2 aromatic heterocycles. The van der Waals surface area contributed by atoms with Crippen LogP contribution in [0.25, 0.3) is 11.2 Å². The highest BCUT2D eigenvalue weighted by Gasteiger charge is 2.22. The van der Waals surface area contributed by atoms with E-state index in [4.69, 9.17) is 0 Å². The number of nitrogens with zero attached hydrogens (tertiary/aromatic N) is 4. The first-order valence-electron chi connectivity index (χ1n) is 7.40. The second-order valence-electron chi connectivity index (χ2n) is 5.74. The maximum Gasteiger partial charge on any atom is 0.253 e. The van der Waals surface area contributed by atoms with Gasteiger partial charge in [0, 0.05) is 38.8 Å². The molecule has 0 aromatic carbocycles. The topological polar surface area (TPSA) is 80.1 Å². The van der Waals surface area contributed by atoms with Gasteiger partial charge in [-0.05, 0) is 19.4 Å². The molecule has 22 heavy (non-hydrogen) atoms. The third-order valence-electron chi connectivity index (χ3n) is 3.86. The Labute approximate surface area is 128 Å². The molecule has 1 saturated heterocycles. The lowest BCUT2D eigenvalue weighted by atomic mass is 10.2. The molecule has 3 heterocycles. The Bertz CT molecular complexity index is 724. The van der Waals surface area contributed by atoms with Crippen LogP contribution < -0.4 is 5.32 Å². The molecule has 2 aromatic rings. The van der Waals surface area contributed by atoms with Gasteiger partial charge < -0.3 is 14.8 Å². The van der Waals surface area contributed by atoms with E-state index in [9.17, 15) is 9.59 Å². The van der Waals surface area contributed by atoms with Crippen molar-refractivity contribution in [3.63, 3.8) is 0 Å². The molecular weight excluding hydrogens is 282 g/mol. The highest BCUT2D eigenvalue weighted by molar-refractivity contribution is 5.96. The molecule has 1 aliphatic heterocycles. The van der Waals surface area contributed by atoms with Crippen molar-refractivity contribution < 1.29 is 9.59 Å². The van der Waals surface area contributed by atoms with Crippen molar-refractivity contribution >= 4 is 23.0 Å². The minimum absolute atomic E-state index is 0.103. The molecular formula is C15H19N5O2. The first-order valence-corrected chi connectivity index (χ1v) is 7.40. The fourth-order valence-electron chi connectivity index (χ4n) is 2.72. The monoisotopic (exact) mass is 301 g/mol. The Morgan fingerprint density at radius 3 is 3.00 bits per heavy atom. The van der Waals surface area contributed by atoms with Crippen molar-refractivity contribution in [1.82, 2.24) is 24.8 Å². The third-order valence-corrected chi connectivity index (χ3v) is 3.86. The van der Waals surface area contributed by atoms with Gasteiger partial charge in [0.2, 0.25) is 5.91 Å². The van der Waals surface area contributed by atoms with Crippen LogP contribution in [0.3, 0.4) is 0 Å². The highest BCUT2D eigenvalue weighted by Crippen LogP contribution is 2.12. The Morgan fingerprint density at radius 1 is 1.45 bits per heavy atom. The first kappa shape index (κ1) is 14.5. The summed E-state index contributed by atoms with van der Waals surface area (Å²) in [6.45, 7) is 3.22. The molecule has 1 N–H and O–H groups in total. The highest BCUT2D eigenvalue weighted by atomic mass is 16.2. The zero-order chi connectivity index (χ0) is 15.7. The predicted octanol–water partition coefficient (Wildman–Crippen LogP) is 0.709. The smallest absolute Gasteiger partial charge is 0.253 e. The van der Waals surface area contributed by atoms with Crippen LogP contribution >= 0.6 is 0 Å². The molecule has 7 nitrogen and oxygen atoms in total. The molecule has 0 saturated carbocycles. The van der Waals surface area contributed by atoms with E-state index in [2.05, 4.69) is 15.3 Å². The van der Waals surface area contributed by atoms with E-state index in [0.717, 1.165) is 18.6 Å². The number of rotatable bonds is 4. The molecule has 0 unspecified atom stereocenters. The van der Waals surface area contributed by atoms with Crippen molar-refractivity contribution in [2.75, 3.05) is 13.1 Å². The summed E-state index contributed by atoms with van der Waals surface area (Å²) in [5.74, 6) is -0.0307. The molecule has 0 radical (unpaired) electrons. The van der Waals surface area contributed by atoms with Gasteiger partial charge in [-0.25, -0.2) is 9.97 Å². The lowest BCUT2D eigenvalue weighted by molar-refractivity contribution is -0.127. The lowest BCUT2D eigenvalue weighted by Crippen LogP contribution is -2.42. The predicted molar refractivity (Wildman–Crippen MR) is 81.3 cm³/mol. The van der Waals surface area contributed by atoms with Crippen LogP contribution in [-0.2, 0) is 11.8 Å². The third kappa shape index (κ3) is 2.79. The molecule has 3 rings (SSSR count). The number of aryl methyl sites for hydroxylation is 1. The van der Waals surface area contributed by atoms with Crippen LogP contribution in [0.1, 0.15) is 30.1 Å². The van der Waals surface area contributed by atoms with Crippen LogP contribution in [0.15, 0.2) is 18.6 Å². The summed E-state index contributed by atoms with van der Waals surface area (Å²) >= 11 is 0. The minimum atomic E-state index is -0.195. The summed E-state index contributed by atoms with van der Waals surface area (Å²) in [6.07, 6.45) is 4.73. The largest absolute Gasteiger partial charge is 0.348 e. The fraction of sp³-hybridized carbons (Fsp3) is 0.467. The van der Waals surface area contributed by atoms with Gasteiger partial charge in [0.1, 0.15) is 5.52 Å². The number of fused-ring (bicyclic) bond motifs is 1. The number of hydrogen-bond donors (Lipinski definition) is 1. The average Bonchev–Trinajstić information content (AvgIpc) is 3.05. The van der Waals surface area contributed by atoms with Crippen molar-refractivity contribution in [2.45, 2.75) is 25.8 Å². The number of aromatic nitrogens is 3. The second kappa shape index (κ2) is 5.75. The van der Waals surface area contributed by atoms with Crippen LogP contribution in [0.2, 0.25) is 0 Å². The van der Waals surface area contributed by atoms with E-state index in [-0.39, 0.29) is 17.9 Å². The number of pyridine rings is 1. The summed E-state index contributed by atoms with van der Waals surface area (Å²) in [4.78, 5) is 34.1. The van der Waals surface area contributed by atoms with Gasteiger partial charge in [-0.3, -0.25) is 9.59 Å². The average molecular weight is 301 g/mol. The number of likely N-dealkylation sites (tertiary alicyclic amines) is 1. The van der Waals surface area contributed by atoms with Gasteiger partial charge in [-0.1, -0.05) is 0 Å². The summed E-state index contributed by atoms with van der Waals surface area (Å²) in [5, 5.41) is 2.91. The minimum Gasteiger partial charge on any atom is -0.348 e. The molecule has 7 heteroatoms. The van der Waals surface area contributed by atoms with Crippen molar-refractivity contribution in [3.05, 3.63) is 24.2 Å². The molecule has 2 amide bonds. The van der Waals surface area contributed by atoms with Crippen molar-refractivity contribution in [2.24, 2.45) is 7.05 Å². The molecule has 1 atom stereocenters. The number of carbonyl (C=O) groups excluding carboxylic acids is 2. The zero-order valence-electron chi connectivity index (χ0n) is 12.7.